The lowest BCUT2D eigenvalue weighted by molar-refractivity contribution is -0.146. The molecule has 3 saturated carbocycles. The van der Waals surface area contributed by atoms with Crippen molar-refractivity contribution >= 4 is 45.5 Å². The molecule has 2 amide bonds. The number of rotatable bonds is 8. The van der Waals surface area contributed by atoms with Crippen LogP contribution in [0.25, 0.3) is 21.9 Å². The minimum absolute atomic E-state index is 0.0108. The smallest absolute Gasteiger partial charge is 0.407 e. The number of carbonyl (C=O) groups is 4. The third-order valence-electron chi connectivity index (χ3n) is 13.1. The van der Waals surface area contributed by atoms with Crippen LogP contribution >= 0.6 is 0 Å². The van der Waals surface area contributed by atoms with Crippen molar-refractivity contribution in [1.29, 1.82) is 0 Å². The van der Waals surface area contributed by atoms with Crippen LogP contribution in [0.2, 0.25) is 0 Å². The van der Waals surface area contributed by atoms with Crippen LogP contribution in [0.15, 0.2) is 37.4 Å². The molecule has 4 aliphatic rings. The van der Waals surface area contributed by atoms with Gasteiger partial charge in [0.25, 0.3) is 0 Å². The number of furan rings is 1. The molecular weight excluding hydrogens is 652 g/mol. The molecule has 0 saturated heterocycles. The maximum Gasteiger partial charge on any atom is 0.407 e. The van der Waals surface area contributed by atoms with Crippen LogP contribution in [-0.4, -0.2) is 47.9 Å². The Morgan fingerprint density at radius 3 is 2.53 bits per heavy atom. The monoisotopic (exact) mass is 700 g/mol. The minimum Gasteiger partial charge on any atom is -0.461 e. The van der Waals surface area contributed by atoms with Crippen molar-refractivity contribution in [3.05, 3.63) is 56.7 Å². The number of hydrogen-bond donors (Lipinski definition) is 3. The number of amides is 2. The lowest BCUT2D eigenvalue weighted by Gasteiger charge is -2.59. The van der Waals surface area contributed by atoms with Crippen LogP contribution in [-0.2, 0) is 25.7 Å². The Labute approximate surface area is 296 Å². The molecule has 2 aromatic heterocycles. The molecule has 0 bridgehead atoms. The number of benzene rings is 1. The molecule has 1 aromatic carbocycles. The fourth-order valence-corrected chi connectivity index (χ4v) is 10.6. The van der Waals surface area contributed by atoms with E-state index in [0.29, 0.717) is 47.7 Å². The quantitative estimate of drug-likeness (QED) is 0.243. The van der Waals surface area contributed by atoms with Gasteiger partial charge in [-0.2, -0.15) is 0 Å². The van der Waals surface area contributed by atoms with Gasteiger partial charge >= 0.3 is 11.7 Å². The van der Waals surface area contributed by atoms with Crippen molar-refractivity contribution in [3.8, 4) is 0 Å². The fraction of sp³-hybridized carbons (Fsp3) is 0.575. The lowest BCUT2D eigenvalue weighted by atomic mass is 9.46. The number of hydrogen-bond acceptors (Lipinski definition) is 9. The van der Waals surface area contributed by atoms with E-state index in [1.165, 1.54) is 11.6 Å². The molecule has 3 fully saturated rings. The Morgan fingerprint density at radius 2 is 1.75 bits per heavy atom. The molecule has 4 aliphatic carbocycles. The number of ether oxygens (including phenoxy) is 1. The number of ketones is 2. The molecule has 3 N–H and O–H groups in total. The number of Topliss-reactive ketones (excluding diaryl/α,β-unsaturated/α-hetero) is 1. The van der Waals surface area contributed by atoms with Crippen LogP contribution in [0.3, 0.4) is 0 Å². The van der Waals surface area contributed by atoms with Gasteiger partial charge in [-0.25, -0.2) is 9.59 Å². The van der Waals surface area contributed by atoms with Gasteiger partial charge in [0.2, 0.25) is 5.91 Å². The summed E-state index contributed by atoms with van der Waals surface area (Å²) < 4.78 is 16.8. The van der Waals surface area contributed by atoms with E-state index in [1.54, 1.807) is 0 Å². The largest absolute Gasteiger partial charge is 0.461 e. The molecule has 3 aromatic rings. The van der Waals surface area contributed by atoms with Crippen LogP contribution in [0.4, 0.5) is 4.79 Å². The molecule has 0 spiro atoms. The first-order valence-electron chi connectivity index (χ1n) is 18.3. The van der Waals surface area contributed by atoms with Crippen molar-refractivity contribution in [2.45, 2.75) is 98.6 Å². The van der Waals surface area contributed by atoms with Gasteiger partial charge in [0.15, 0.2) is 18.2 Å². The molecule has 11 nitrogen and oxygen atoms in total. The van der Waals surface area contributed by atoms with Gasteiger partial charge in [0.1, 0.15) is 16.9 Å². The zero-order chi connectivity index (χ0) is 36.4. The highest BCUT2D eigenvalue weighted by Crippen LogP contribution is 2.66. The summed E-state index contributed by atoms with van der Waals surface area (Å²) in [7, 11) is 0. The molecule has 2 heterocycles. The lowest BCUT2D eigenvalue weighted by Crippen LogP contribution is -2.57. The zero-order valence-electron chi connectivity index (χ0n) is 30.1. The Morgan fingerprint density at radius 1 is 0.980 bits per heavy atom. The van der Waals surface area contributed by atoms with Crippen molar-refractivity contribution in [1.82, 2.24) is 10.6 Å². The number of fused-ring (bicyclic) bond motifs is 7. The van der Waals surface area contributed by atoms with Crippen LogP contribution < -0.4 is 16.3 Å². The third-order valence-corrected chi connectivity index (χ3v) is 13.1. The van der Waals surface area contributed by atoms with E-state index in [0.717, 1.165) is 47.6 Å². The summed E-state index contributed by atoms with van der Waals surface area (Å²) in [6.45, 7) is 9.73. The van der Waals surface area contributed by atoms with Crippen LogP contribution in [0.1, 0.15) is 87.7 Å². The van der Waals surface area contributed by atoms with Crippen LogP contribution in [0.5, 0.6) is 0 Å². The molecular formula is C40H48N2O9. The standard InChI is InChI=1S/C40H48N2O9/c1-20-14-34(47)51-36-21(2)37-27(16-26(20)36)28(22(3)50-37)18-42-33(46)11-13-41-38(48)49-19-32(45)30-9-8-29-25-7-6-23-15-24(43)10-12-39(23,4)35(25)31(44)17-40(29,30)5/h14-16,25,29-31,35,44H,6-13,17-19H2,1-5H3,(H,41,48)(H,42,46). The van der Waals surface area contributed by atoms with Crippen molar-refractivity contribution in [2.75, 3.05) is 13.2 Å². The molecule has 0 aliphatic heterocycles. The maximum absolute atomic E-state index is 13.5. The number of aryl methyl sites for hydroxylation is 3. The van der Waals surface area contributed by atoms with E-state index in [2.05, 4.69) is 24.5 Å². The molecule has 7 unspecified atom stereocenters. The second-order valence-electron chi connectivity index (χ2n) is 15.9. The number of alkyl carbamates (subject to hydrolysis) is 1. The highest BCUT2D eigenvalue weighted by Gasteiger charge is 2.63. The Kier molecular flexibility index (Phi) is 9.01. The number of carbonyl (C=O) groups excluding carboxylic acids is 4. The summed E-state index contributed by atoms with van der Waals surface area (Å²) in [6, 6.07) is 3.36. The van der Waals surface area contributed by atoms with Gasteiger partial charge in [-0.15, -0.1) is 0 Å². The normalized spacial score (nSPS) is 30.0. The highest BCUT2D eigenvalue weighted by molar-refractivity contribution is 6.00. The summed E-state index contributed by atoms with van der Waals surface area (Å²) in [4.78, 5) is 62.9. The summed E-state index contributed by atoms with van der Waals surface area (Å²) in [5, 5.41) is 18.7. The molecule has 11 heteroatoms. The fourth-order valence-electron chi connectivity index (χ4n) is 10.6. The number of aliphatic hydroxyl groups is 1. The first-order chi connectivity index (χ1) is 24.2. The predicted molar refractivity (Wildman–Crippen MR) is 189 cm³/mol. The van der Waals surface area contributed by atoms with Crippen molar-refractivity contribution in [2.24, 2.45) is 34.5 Å². The summed E-state index contributed by atoms with van der Waals surface area (Å²) >= 11 is 0. The summed E-state index contributed by atoms with van der Waals surface area (Å²) in [5.74, 6) is 0.771. The molecule has 7 rings (SSSR count). The van der Waals surface area contributed by atoms with E-state index in [9.17, 15) is 29.1 Å². The van der Waals surface area contributed by atoms with E-state index in [4.69, 9.17) is 13.6 Å². The van der Waals surface area contributed by atoms with Gasteiger partial charge in [-0.3, -0.25) is 14.4 Å². The summed E-state index contributed by atoms with van der Waals surface area (Å²) in [6.07, 6.45) is 5.72. The van der Waals surface area contributed by atoms with Gasteiger partial charge in [-0.05, 0) is 106 Å². The van der Waals surface area contributed by atoms with Crippen LogP contribution in [0, 0.1) is 55.3 Å². The Bertz CT molecular complexity index is 2040. The number of aliphatic hydroxyl groups excluding tert-OH is 1. The maximum atomic E-state index is 13.5. The predicted octanol–water partition coefficient (Wildman–Crippen LogP) is 5.88. The van der Waals surface area contributed by atoms with Crippen molar-refractivity contribution in [3.63, 3.8) is 0 Å². The Balaban J connectivity index is 0.899. The van der Waals surface area contributed by atoms with E-state index < -0.39 is 17.8 Å². The first kappa shape index (κ1) is 35.2. The van der Waals surface area contributed by atoms with E-state index in [1.807, 2.05) is 32.9 Å². The summed E-state index contributed by atoms with van der Waals surface area (Å²) in [5.41, 5.74) is 3.60. The van der Waals surface area contributed by atoms with Gasteiger partial charge < -0.3 is 29.3 Å². The molecule has 0 radical (unpaired) electrons. The second-order valence-corrected chi connectivity index (χ2v) is 15.9. The number of nitrogens with one attached hydrogen (secondary N) is 2. The van der Waals surface area contributed by atoms with E-state index >= 15 is 0 Å². The minimum atomic E-state index is -0.757. The Hall–Kier alpha value is -4.25. The average molecular weight is 701 g/mol. The van der Waals surface area contributed by atoms with E-state index in [-0.39, 0.29) is 72.2 Å². The highest BCUT2D eigenvalue weighted by atomic mass is 16.6. The molecule has 272 valence electrons. The SMILES string of the molecule is Cc1oc2c(C)c3oc(=O)cc(C)c3cc2c1CNC(=O)CCNC(=O)OCC(=O)C1CCC2C3CCC4=CC(=O)CCC4(C)C3C(O)CC12C. The molecule has 51 heavy (non-hydrogen) atoms. The zero-order valence-corrected chi connectivity index (χ0v) is 30.1. The van der Waals surface area contributed by atoms with Gasteiger partial charge in [0, 0.05) is 59.8 Å². The second kappa shape index (κ2) is 13.1. The van der Waals surface area contributed by atoms with Crippen molar-refractivity contribution < 1.29 is 37.9 Å². The third kappa shape index (κ3) is 6.01. The number of allylic oxidation sites excluding steroid dienone is 1. The average Bonchev–Trinajstić information content (AvgIpc) is 3.58. The van der Waals surface area contributed by atoms with Gasteiger partial charge in [0.05, 0.1) is 6.10 Å². The first-order valence-corrected chi connectivity index (χ1v) is 18.3. The topological polar surface area (TPSA) is 165 Å². The van der Waals surface area contributed by atoms with Gasteiger partial charge in [-0.1, -0.05) is 19.4 Å². The molecule has 7 atom stereocenters.